The minimum Gasteiger partial charge on any atom is -0.444 e. The number of fused-ring (bicyclic) bond motifs is 1. The maximum atomic E-state index is 14.3. The molecule has 2 aromatic rings. The van der Waals surface area contributed by atoms with Crippen LogP contribution >= 0.6 is 0 Å². The Bertz CT molecular complexity index is 1100. The molecule has 34 heavy (non-hydrogen) atoms. The van der Waals surface area contributed by atoms with Gasteiger partial charge in [0.05, 0.1) is 0 Å². The lowest BCUT2D eigenvalue weighted by molar-refractivity contribution is -0.135. The fourth-order valence-electron chi connectivity index (χ4n) is 3.56. The van der Waals surface area contributed by atoms with E-state index in [4.69, 9.17) is 4.74 Å². The number of para-hydroxylation sites is 1. The van der Waals surface area contributed by atoms with Gasteiger partial charge in [0.2, 0.25) is 11.8 Å². The molecule has 0 radical (unpaired) electrons. The summed E-state index contributed by atoms with van der Waals surface area (Å²) in [5.41, 5.74) is 0.269. The number of hydrogen-bond donors (Lipinski definition) is 2. The van der Waals surface area contributed by atoms with Crippen LogP contribution < -0.4 is 10.6 Å². The zero-order valence-corrected chi connectivity index (χ0v) is 19.1. The molecule has 7 nitrogen and oxygen atoms in total. The molecular formula is C24H26F3N3O4. The van der Waals surface area contributed by atoms with Crippen molar-refractivity contribution >= 4 is 23.6 Å². The van der Waals surface area contributed by atoms with E-state index in [0.717, 1.165) is 5.56 Å². The highest BCUT2D eigenvalue weighted by Gasteiger charge is 2.28. The molecule has 0 aromatic heterocycles. The first-order valence-electron chi connectivity index (χ1n) is 10.7. The molecule has 0 saturated heterocycles. The Morgan fingerprint density at radius 3 is 2.47 bits per heavy atom. The van der Waals surface area contributed by atoms with E-state index in [1.807, 2.05) is 0 Å². The summed E-state index contributed by atoms with van der Waals surface area (Å²) in [4.78, 5) is 39.0. The molecule has 1 aliphatic heterocycles. The third-order valence-electron chi connectivity index (χ3n) is 5.04. The molecule has 182 valence electrons. The first-order valence-corrected chi connectivity index (χ1v) is 10.7. The van der Waals surface area contributed by atoms with Gasteiger partial charge in [-0.3, -0.25) is 9.59 Å². The second kappa shape index (κ2) is 10.1. The second-order valence-electron chi connectivity index (χ2n) is 9.06. The Kier molecular flexibility index (Phi) is 7.48. The minimum atomic E-state index is -1.34. The average Bonchev–Trinajstić information content (AvgIpc) is 2.88. The molecule has 0 saturated carbocycles. The van der Waals surface area contributed by atoms with E-state index in [0.29, 0.717) is 17.8 Å². The van der Waals surface area contributed by atoms with Gasteiger partial charge in [-0.25, -0.2) is 18.0 Å². The van der Waals surface area contributed by atoms with Crippen molar-refractivity contribution < 1.29 is 32.3 Å². The fraction of sp³-hybridized carbons (Fsp3) is 0.375. The molecule has 3 amide bonds. The summed E-state index contributed by atoms with van der Waals surface area (Å²) < 4.78 is 46.5. The number of rotatable bonds is 5. The van der Waals surface area contributed by atoms with Gasteiger partial charge in [0.15, 0.2) is 11.6 Å². The van der Waals surface area contributed by atoms with Crippen LogP contribution in [0.15, 0.2) is 36.4 Å². The Balaban J connectivity index is 1.81. The van der Waals surface area contributed by atoms with Gasteiger partial charge in [0, 0.05) is 30.8 Å². The standard InChI is InChI=1S/C24H26F3N3O4/c1-24(2,3)34-23(33)28-16(8-15-9-18(26)19(27)11-17(15)25)10-22(32)30-12-14-6-4-5-7-20(14)29-21(31)13-30/h4-7,9,11,16H,8,10,12-13H2,1-3H3,(H,28,33)(H,29,31)/t16-/m1/s1. The summed E-state index contributed by atoms with van der Waals surface area (Å²) >= 11 is 0. The summed E-state index contributed by atoms with van der Waals surface area (Å²) in [5, 5.41) is 5.24. The van der Waals surface area contributed by atoms with Gasteiger partial charge in [0.1, 0.15) is 18.0 Å². The Morgan fingerprint density at radius 1 is 1.09 bits per heavy atom. The molecule has 1 aliphatic rings. The van der Waals surface area contributed by atoms with Crippen LogP contribution in [0.4, 0.5) is 23.7 Å². The van der Waals surface area contributed by atoms with E-state index in [1.165, 1.54) is 4.90 Å². The highest BCUT2D eigenvalue weighted by Crippen LogP contribution is 2.22. The van der Waals surface area contributed by atoms with Crippen LogP contribution in [0.2, 0.25) is 0 Å². The number of ether oxygens (including phenoxy) is 1. The molecule has 3 rings (SSSR count). The van der Waals surface area contributed by atoms with Crippen LogP contribution in [0.25, 0.3) is 0 Å². The topological polar surface area (TPSA) is 87.7 Å². The Labute approximate surface area is 195 Å². The van der Waals surface area contributed by atoms with E-state index in [9.17, 15) is 27.6 Å². The number of amides is 3. The number of carbonyl (C=O) groups excluding carboxylic acids is 3. The van der Waals surface area contributed by atoms with E-state index >= 15 is 0 Å². The SMILES string of the molecule is CC(C)(C)OC(=O)N[C@@H](CC(=O)N1CC(=O)Nc2ccccc2C1)Cc1cc(F)c(F)cc1F. The van der Waals surface area contributed by atoms with Crippen molar-refractivity contribution in [3.05, 3.63) is 65.0 Å². The van der Waals surface area contributed by atoms with Crippen molar-refractivity contribution in [3.63, 3.8) is 0 Å². The van der Waals surface area contributed by atoms with Crippen LogP contribution in [0.3, 0.4) is 0 Å². The monoisotopic (exact) mass is 477 g/mol. The Hall–Kier alpha value is -3.56. The number of anilines is 1. The summed E-state index contributed by atoms with van der Waals surface area (Å²) in [5.74, 6) is -4.48. The number of carbonyl (C=O) groups is 3. The maximum Gasteiger partial charge on any atom is 0.407 e. The van der Waals surface area contributed by atoms with Gasteiger partial charge >= 0.3 is 6.09 Å². The largest absolute Gasteiger partial charge is 0.444 e. The number of benzene rings is 2. The predicted octanol–water partition coefficient (Wildman–Crippen LogP) is 3.91. The van der Waals surface area contributed by atoms with Crippen molar-refractivity contribution in [1.82, 2.24) is 10.2 Å². The molecule has 0 spiro atoms. The first kappa shape index (κ1) is 25.1. The molecule has 10 heteroatoms. The molecule has 1 atom stereocenters. The number of nitrogens with zero attached hydrogens (tertiary/aromatic N) is 1. The predicted molar refractivity (Wildman–Crippen MR) is 118 cm³/mol. The minimum absolute atomic E-state index is 0.145. The van der Waals surface area contributed by atoms with Crippen molar-refractivity contribution in [1.29, 1.82) is 0 Å². The molecule has 2 aromatic carbocycles. The van der Waals surface area contributed by atoms with Gasteiger partial charge in [-0.2, -0.15) is 0 Å². The van der Waals surface area contributed by atoms with E-state index < -0.39 is 41.1 Å². The van der Waals surface area contributed by atoms with Crippen molar-refractivity contribution in [2.75, 3.05) is 11.9 Å². The fourth-order valence-corrected chi connectivity index (χ4v) is 3.56. The third-order valence-corrected chi connectivity index (χ3v) is 5.04. The lowest BCUT2D eigenvalue weighted by atomic mass is 10.0. The molecule has 2 N–H and O–H groups in total. The van der Waals surface area contributed by atoms with Gasteiger partial charge in [-0.05, 0) is 50.5 Å². The molecule has 0 fully saturated rings. The van der Waals surface area contributed by atoms with Gasteiger partial charge in [0.25, 0.3) is 0 Å². The van der Waals surface area contributed by atoms with Gasteiger partial charge in [-0.1, -0.05) is 18.2 Å². The van der Waals surface area contributed by atoms with E-state index in [1.54, 1.807) is 45.0 Å². The highest BCUT2D eigenvalue weighted by molar-refractivity contribution is 5.96. The quantitative estimate of drug-likeness (QED) is 0.640. The third kappa shape index (κ3) is 6.72. The zero-order valence-electron chi connectivity index (χ0n) is 19.1. The van der Waals surface area contributed by atoms with Crippen molar-refractivity contribution in [3.8, 4) is 0 Å². The zero-order chi connectivity index (χ0) is 25.0. The number of halogens is 3. The van der Waals surface area contributed by atoms with Gasteiger partial charge < -0.3 is 20.3 Å². The van der Waals surface area contributed by atoms with Crippen molar-refractivity contribution in [2.45, 2.75) is 51.8 Å². The van der Waals surface area contributed by atoms with Gasteiger partial charge in [-0.15, -0.1) is 0 Å². The van der Waals surface area contributed by atoms with E-state index in [2.05, 4.69) is 10.6 Å². The molecule has 1 heterocycles. The number of nitrogens with one attached hydrogen (secondary N) is 2. The maximum absolute atomic E-state index is 14.3. The number of hydrogen-bond acceptors (Lipinski definition) is 4. The molecule has 0 bridgehead atoms. The number of alkyl carbamates (subject to hydrolysis) is 1. The van der Waals surface area contributed by atoms with E-state index in [-0.39, 0.29) is 37.4 Å². The smallest absolute Gasteiger partial charge is 0.407 e. The van der Waals surface area contributed by atoms with Crippen molar-refractivity contribution in [2.24, 2.45) is 0 Å². The summed E-state index contributed by atoms with van der Waals surface area (Å²) in [6.07, 6.45) is -1.48. The summed E-state index contributed by atoms with van der Waals surface area (Å²) in [6, 6.07) is 7.12. The van der Waals surface area contributed by atoms with Crippen LogP contribution in [-0.4, -0.2) is 41.0 Å². The Morgan fingerprint density at radius 2 is 1.76 bits per heavy atom. The highest BCUT2D eigenvalue weighted by atomic mass is 19.2. The normalized spacial score (nSPS) is 14.5. The lowest BCUT2D eigenvalue weighted by Gasteiger charge is -2.26. The first-order chi connectivity index (χ1) is 15.9. The lowest BCUT2D eigenvalue weighted by Crippen LogP contribution is -2.44. The average molecular weight is 477 g/mol. The molecular weight excluding hydrogens is 451 g/mol. The second-order valence-corrected chi connectivity index (χ2v) is 9.06. The van der Waals surface area contributed by atoms with Crippen LogP contribution in [-0.2, 0) is 27.3 Å². The summed E-state index contributed by atoms with van der Waals surface area (Å²) in [6.45, 7) is 4.87. The summed E-state index contributed by atoms with van der Waals surface area (Å²) in [7, 11) is 0. The van der Waals surface area contributed by atoms with Crippen LogP contribution in [0, 0.1) is 17.5 Å². The van der Waals surface area contributed by atoms with Crippen LogP contribution in [0.5, 0.6) is 0 Å². The molecule has 0 aliphatic carbocycles. The molecule has 0 unspecified atom stereocenters. The van der Waals surface area contributed by atoms with Crippen LogP contribution in [0.1, 0.15) is 38.3 Å².